The maximum atomic E-state index is 11.6. The van der Waals surface area contributed by atoms with Gasteiger partial charge in [-0.1, -0.05) is 0 Å². The molecule has 2 rings (SSSR count). The van der Waals surface area contributed by atoms with Gasteiger partial charge in [0, 0.05) is 11.4 Å². The van der Waals surface area contributed by atoms with Gasteiger partial charge in [-0.05, 0) is 23.8 Å². The number of hydrogen-bond donors (Lipinski definition) is 3. The Balaban J connectivity index is 2.33. The average Bonchev–Trinajstić information content (AvgIpc) is 2.57. The van der Waals surface area contributed by atoms with Crippen molar-refractivity contribution in [3.63, 3.8) is 0 Å². The summed E-state index contributed by atoms with van der Waals surface area (Å²) in [6.45, 7) is 0.162. The number of amides is 1. The molecule has 0 spiro atoms. The van der Waals surface area contributed by atoms with E-state index >= 15 is 0 Å². The normalized spacial score (nSPS) is 20.5. The molecular weight excluding hydrogens is 208 g/mol. The molecule has 0 aromatic heterocycles. The van der Waals surface area contributed by atoms with Crippen LogP contribution in [0, 0.1) is 0 Å². The Morgan fingerprint density at radius 1 is 1.44 bits per heavy atom. The van der Waals surface area contributed by atoms with Crippen molar-refractivity contribution in [2.75, 3.05) is 17.2 Å². The molecule has 4 N–H and O–H groups in total. The van der Waals surface area contributed by atoms with Crippen LogP contribution in [0.3, 0.4) is 0 Å². The van der Waals surface area contributed by atoms with Crippen LogP contribution in [0.5, 0.6) is 0 Å². The Morgan fingerprint density at radius 2 is 2.19 bits per heavy atom. The van der Waals surface area contributed by atoms with Gasteiger partial charge in [0.2, 0.25) is 5.91 Å². The minimum Gasteiger partial charge on any atom is -0.399 e. The highest BCUT2D eigenvalue weighted by Crippen LogP contribution is 2.25. The van der Waals surface area contributed by atoms with Crippen LogP contribution < -0.4 is 10.6 Å². The SMILES string of the molecule is Nc1cc(CO)cc(N2CC(O)CC2=O)c1. The van der Waals surface area contributed by atoms with E-state index in [0.717, 1.165) is 0 Å². The summed E-state index contributed by atoms with van der Waals surface area (Å²) in [6, 6.07) is 5.02. The molecule has 1 aliphatic heterocycles. The first-order valence-corrected chi connectivity index (χ1v) is 5.09. The summed E-state index contributed by atoms with van der Waals surface area (Å²) in [4.78, 5) is 13.0. The third-order valence-corrected chi connectivity index (χ3v) is 2.60. The van der Waals surface area contributed by atoms with Crippen molar-refractivity contribution in [3.8, 4) is 0 Å². The maximum Gasteiger partial charge on any atom is 0.229 e. The highest BCUT2D eigenvalue weighted by atomic mass is 16.3. The fourth-order valence-corrected chi connectivity index (χ4v) is 1.89. The first-order chi connectivity index (χ1) is 7.60. The molecule has 1 aliphatic rings. The van der Waals surface area contributed by atoms with E-state index in [-0.39, 0.29) is 25.5 Å². The van der Waals surface area contributed by atoms with Crippen LogP contribution in [-0.2, 0) is 11.4 Å². The van der Waals surface area contributed by atoms with Crippen LogP contribution in [0.1, 0.15) is 12.0 Å². The van der Waals surface area contributed by atoms with Crippen LogP contribution >= 0.6 is 0 Å². The fraction of sp³-hybridized carbons (Fsp3) is 0.364. The summed E-state index contributed by atoms with van der Waals surface area (Å²) in [5.41, 5.74) is 7.45. The minimum atomic E-state index is -0.619. The summed E-state index contributed by atoms with van der Waals surface area (Å²) >= 11 is 0. The number of rotatable bonds is 2. The van der Waals surface area contributed by atoms with Gasteiger partial charge in [-0.25, -0.2) is 0 Å². The lowest BCUT2D eigenvalue weighted by Crippen LogP contribution is -2.25. The van der Waals surface area contributed by atoms with E-state index in [2.05, 4.69) is 0 Å². The van der Waals surface area contributed by atoms with Gasteiger partial charge in [0.05, 0.1) is 25.7 Å². The molecule has 86 valence electrons. The predicted octanol–water partition coefficient (Wildman–Crippen LogP) is -0.141. The van der Waals surface area contributed by atoms with E-state index in [4.69, 9.17) is 10.8 Å². The van der Waals surface area contributed by atoms with Crippen molar-refractivity contribution in [3.05, 3.63) is 23.8 Å². The van der Waals surface area contributed by atoms with Gasteiger partial charge in [0.1, 0.15) is 0 Å². The van der Waals surface area contributed by atoms with Crippen LogP contribution in [-0.4, -0.2) is 28.8 Å². The Labute approximate surface area is 93.1 Å². The molecule has 0 aliphatic carbocycles. The van der Waals surface area contributed by atoms with Gasteiger partial charge in [0.25, 0.3) is 0 Å². The largest absolute Gasteiger partial charge is 0.399 e. The van der Waals surface area contributed by atoms with Crippen molar-refractivity contribution >= 4 is 17.3 Å². The van der Waals surface area contributed by atoms with Crippen LogP contribution in [0.2, 0.25) is 0 Å². The minimum absolute atomic E-state index is 0.122. The zero-order valence-corrected chi connectivity index (χ0v) is 8.76. The standard InChI is InChI=1S/C11H14N2O3/c12-8-1-7(6-14)2-9(3-8)13-5-10(15)4-11(13)16/h1-3,10,14-15H,4-6,12H2. The lowest BCUT2D eigenvalue weighted by atomic mass is 10.1. The Hall–Kier alpha value is -1.59. The van der Waals surface area contributed by atoms with Crippen LogP contribution in [0.4, 0.5) is 11.4 Å². The molecule has 1 atom stereocenters. The Bertz CT molecular complexity index is 420. The Kier molecular flexibility index (Phi) is 2.80. The van der Waals surface area contributed by atoms with Crippen molar-refractivity contribution in [1.82, 2.24) is 0 Å². The van der Waals surface area contributed by atoms with E-state index in [1.807, 2.05) is 0 Å². The molecular formula is C11H14N2O3. The van der Waals surface area contributed by atoms with Gasteiger partial charge >= 0.3 is 0 Å². The summed E-state index contributed by atoms with van der Waals surface area (Å²) in [5.74, 6) is -0.123. The summed E-state index contributed by atoms with van der Waals surface area (Å²) in [5, 5.41) is 18.4. The quantitative estimate of drug-likeness (QED) is 0.608. The van der Waals surface area contributed by atoms with E-state index in [0.29, 0.717) is 16.9 Å². The molecule has 1 saturated heterocycles. The highest BCUT2D eigenvalue weighted by molar-refractivity contribution is 5.96. The molecule has 16 heavy (non-hydrogen) atoms. The molecule has 1 heterocycles. The number of nitrogens with zero attached hydrogens (tertiary/aromatic N) is 1. The van der Waals surface area contributed by atoms with Gasteiger partial charge in [-0.3, -0.25) is 4.79 Å². The van der Waals surface area contributed by atoms with Crippen molar-refractivity contribution < 1.29 is 15.0 Å². The van der Waals surface area contributed by atoms with E-state index in [1.54, 1.807) is 18.2 Å². The van der Waals surface area contributed by atoms with E-state index in [1.165, 1.54) is 4.90 Å². The lowest BCUT2D eigenvalue weighted by molar-refractivity contribution is -0.117. The first kappa shape index (κ1) is 10.9. The first-order valence-electron chi connectivity index (χ1n) is 5.09. The molecule has 1 amide bonds. The third-order valence-electron chi connectivity index (χ3n) is 2.60. The second-order valence-electron chi connectivity index (χ2n) is 3.95. The number of nitrogens with two attached hydrogens (primary N) is 1. The number of aliphatic hydroxyl groups excluding tert-OH is 2. The van der Waals surface area contributed by atoms with Crippen molar-refractivity contribution in [2.45, 2.75) is 19.1 Å². The number of carbonyl (C=O) groups is 1. The molecule has 0 saturated carbocycles. The monoisotopic (exact) mass is 222 g/mol. The lowest BCUT2D eigenvalue weighted by Gasteiger charge is -2.17. The summed E-state index contributed by atoms with van der Waals surface area (Å²) < 4.78 is 0. The number of aliphatic hydroxyl groups is 2. The zero-order valence-electron chi connectivity index (χ0n) is 8.76. The van der Waals surface area contributed by atoms with Gasteiger partial charge in [0.15, 0.2) is 0 Å². The second-order valence-corrected chi connectivity index (χ2v) is 3.95. The number of anilines is 2. The molecule has 5 heteroatoms. The third kappa shape index (κ3) is 2.00. The average molecular weight is 222 g/mol. The smallest absolute Gasteiger partial charge is 0.229 e. The van der Waals surface area contributed by atoms with Crippen molar-refractivity contribution in [1.29, 1.82) is 0 Å². The number of benzene rings is 1. The summed E-state index contributed by atoms with van der Waals surface area (Å²) in [6.07, 6.45) is -0.477. The summed E-state index contributed by atoms with van der Waals surface area (Å²) in [7, 11) is 0. The zero-order chi connectivity index (χ0) is 11.7. The highest BCUT2D eigenvalue weighted by Gasteiger charge is 2.29. The molecule has 0 bridgehead atoms. The maximum absolute atomic E-state index is 11.6. The van der Waals surface area contributed by atoms with Gasteiger partial charge in [-0.2, -0.15) is 0 Å². The van der Waals surface area contributed by atoms with Crippen LogP contribution in [0.25, 0.3) is 0 Å². The van der Waals surface area contributed by atoms with Crippen LogP contribution in [0.15, 0.2) is 18.2 Å². The second kappa shape index (κ2) is 4.11. The molecule has 1 unspecified atom stereocenters. The number of hydrogen-bond acceptors (Lipinski definition) is 4. The molecule has 1 fully saturated rings. The molecule has 1 aromatic rings. The van der Waals surface area contributed by atoms with E-state index < -0.39 is 6.10 Å². The predicted molar refractivity (Wildman–Crippen MR) is 59.8 cm³/mol. The van der Waals surface area contributed by atoms with Gasteiger partial charge in [-0.15, -0.1) is 0 Å². The number of carbonyl (C=O) groups excluding carboxylic acids is 1. The molecule has 1 aromatic carbocycles. The van der Waals surface area contributed by atoms with E-state index in [9.17, 15) is 9.90 Å². The number of β-amino-alcohol motifs (C(OH)–C–C–N with tert-alkyl or cyclic N) is 1. The van der Waals surface area contributed by atoms with Gasteiger partial charge < -0.3 is 20.8 Å². The fourth-order valence-electron chi connectivity index (χ4n) is 1.89. The molecule has 5 nitrogen and oxygen atoms in total. The topological polar surface area (TPSA) is 86.8 Å². The molecule has 0 radical (unpaired) electrons. The number of nitrogen functional groups attached to an aromatic ring is 1. The Morgan fingerprint density at radius 3 is 2.75 bits per heavy atom. The van der Waals surface area contributed by atoms with Crippen molar-refractivity contribution in [2.24, 2.45) is 0 Å².